The van der Waals surface area contributed by atoms with E-state index in [9.17, 15) is 12.8 Å². The molecule has 4 nitrogen and oxygen atoms in total. The Hall–Kier alpha value is -1.92. The second kappa shape index (κ2) is 5.83. The molecule has 0 bridgehead atoms. The van der Waals surface area contributed by atoms with Crippen molar-refractivity contribution in [1.29, 1.82) is 0 Å². The first-order chi connectivity index (χ1) is 9.81. The molecule has 0 amide bonds. The predicted molar refractivity (Wildman–Crippen MR) is 80.8 cm³/mol. The average Bonchev–Trinajstić information content (AvgIpc) is 2.41. The van der Waals surface area contributed by atoms with Crippen molar-refractivity contribution in [2.24, 2.45) is 0 Å². The molecule has 2 aromatic carbocycles. The summed E-state index contributed by atoms with van der Waals surface area (Å²) < 4.78 is 40.3. The zero-order valence-electron chi connectivity index (χ0n) is 11.9. The highest BCUT2D eigenvalue weighted by Gasteiger charge is 2.20. The van der Waals surface area contributed by atoms with Crippen molar-refractivity contribution >= 4 is 15.7 Å². The van der Waals surface area contributed by atoms with Gasteiger partial charge in [0.15, 0.2) is 0 Å². The third-order valence-corrected chi connectivity index (χ3v) is 4.84. The smallest absolute Gasteiger partial charge is 0.243 e. The number of nitrogens with one attached hydrogen (secondary N) is 1. The van der Waals surface area contributed by atoms with Gasteiger partial charge in [-0.2, -0.15) is 0 Å². The number of anilines is 1. The number of hydrogen-bond acceptors (Lipinski definition) is 3. The molecule has 6 heteroatoms. The summed E-state index contributed by atoms with van der Waals surface area (Å²) in [6, 6.07) is 9.26. The van der Waals surface area contributed by atoms with Gasteiger partial charge in [-0.1, -0.05) is 24.3 Å². The Kier molecular flexibility index (Phi) is 4.29. The van der Waals surface area contributed by atoms with Crippen LogP contribution in [0.3, 0.4) is 0 Å². The lowest BCUT2D eigenvalue weighted by atomic mass is 10.1. The number of sulfonamides is 1. The standard InChI is InChI=1S/C15H17FN2O2S/c1-10-6-7-11(2)15(14(10)17)21(19,20)18-9-12-4-3-5-13(16)8-12/h3-8,18H,9,17H2,1-2H3. The van der Waals surface area contributed by atoms with Crippen LogP contribution in [0.1, 0.15) is 16.7 Å². The highest BCUT2D eigenvalue weighted by atomic mass is 32.2. The molecule has 0 saturated heterocycles. The Labute approximate surface area is 123 Å². The van der Waals surface area contributed by atoms with Crippen LogP contribution in [0.4, 0.5) is 10.1 Å². The first-order valence-corrected chi connectivity index (χ1v) is 7.89. The fraction of sp³-hybridized carbons (Fsp3) is 0.200. The lowest BCUT2D eigenvalue weighted by Gasteiger charge is -2.13. The van der Waals surface area contributed by atoms with E-state index in [1.54, 1.807) is 32.0 Å². The number of halogens is 1. The lowest BCUT2D eigenvalue weighted by molar-refractivity contribution is 0.580. The van der Waals surface area contributed by atoms with Gasteiger partial charge in [0.2, 0.25) is 10.0 Å². The van der Waals surface area contributed by atoms with Crippen molar-refractivity contribution in [2.45, 2.75) is 25.3 Å². The second-order valence-corrected chi connectivity index (χ2v) is 6.60. The first-order valence-electron chi connectivity index (χ1n) is 6.41. The van der Waals surface area contributed by atoms with E-state index in [2.05, 4.69) is 4.72 Å². The van der Waals surface area contributed by atoms with Gasteiger partial charge >= 0.3 is 0 Å². The Balaban J connectivity index is 2.29. The topological polar surface area (TPSA) is 72.2 Å². The minimum Gasteiger partial charge on any atom is -0.397 e. The minimum absolute atomic E-state index is 0.00686. The summed E-state index contributed by atoms with van der Waals surface area (Å²) in [7, 11) is -3.75. The molecule has 112 valence electrons. The van der Waals surface area contributed by atoms with Gasteiger partial charge in [0.25, 0.3) is 0 Å². The summed E-state index contributed by atoms with van der Waals surface area (Å²) >= 11 is 0. The van der Waals surface area contributed by atoms with E-state index in [-0.39, 0.29) is 17.1 Å². The van der Waals surface area contributed by atoms with E-state index < -0.39 is 15.8 Å². The lowest BCUT2D eigenvalue weighted by Crippen LogP contribution is -2.25. The van der Waals surface area contributed by atoms with E-state index in [4.69, 9.17) is 5.73 Å². The molecule has 0 unspecified atom stereocenters. The van der Waals surface area contributed by atoms with Crippen molar-refractivity contribution in [2.75, 3.05) is 5.73 Å². The van der Waals surface area contributed by atoms with Crippen LogP contribution in [0.15, 0.2) is 41.3 Å². The predicted octanol–water partition coefficient (Wildman–Crippen LogP) is 2.50. The van der Waals surface area contributed by atoms with E-state index in [1.165, 1.54) is 18.2 Å². The van der Waals surface area contributed by atoms with Gasteiger partial charge < -0.3 is 5.73 Å². The van der Waals surface area contributed by atoms with Crippen molar-refractivity contribution in [1.82, 2.24) is 4.72 Å². The van der Waals surface area contributed by atoms with Gasteiger partial charge in [-0.25, -0.2) is 17.5 Å². The Bertz CT molecular complexity index is 773. The highest BCUT2D eigenvalue weighted by molar-refractivity contribution is 7.89. The number of nitrogens with two attached hydrogens (primary N) is 1. The molecule has 0 aliphatic heterocycles. The van der Waals surface area contributed by atoms with E-state index >= 15 is 0 Å². The summed E-state index contributed by atoms with van der Waals surface area (Å²) in [5, 5.41) is 0. The summed E-state index contributed by atoms with van der Waals surface area (Å²) in [6.07, 6.45) is 0. The average molecular weight is 308 g/mol. The van der Waals surface area contributed by atoms with Gasteiger partial charge in [0, 0.05) is 6.54 Å². The van der Waals surface area contributed by atoms with Gasteiger partial charge in [-0.05, 0) is 42.7 Å². The summed E-state index contributed by atoms with van der Waals surface area (Å²) in [4.78, 5) is 0.0823. The van der Waals surface area contributed by atoms with Crippen molar-refractivity contribution in [3.8, 4) is 0 Å². The summed E-state index contributed by atoms with van der Waals surface area (Å²) in [5.41, 5.74) is 7.94. The maximum atomic E-state index is 13.1. The Morgan fingerprint density at radius 1 is 1.14 bits per heavy atom. The molecule has 0 aliphatic rings. The van der Waals surface area contributed by atoms with Crippen molar-refractivity contribution < 1.29 is 12.8 Å². The van der Waals surface area contributed by atoms with E-state index in [1.807, 2.05) is 0 Å². The van der Waals surface area contributed by atoms with Crippen LogP contribution in [0.5, 0.6) is 0 Å². The molecular weight excluding hydrogens is 291 g/mol. The fourth-order valence-electron chi connectivity index (χ4n) is 2.06. The van der Waals surface area contributed by atoms with Crippen LogP contribution in [-0.4, -0.2) is 8.42 Å². The molecule has 2 aromatic rings. The maximum Gasteiger partial charge on any atom is 0.243 e. The molecule has 0 fully saturated rings. The van der Waals surface area contributed by atoms with Crippen LogP contribution in [-0.2, 0) is 16.6 Å². The van der Waals surface area contributed by atoms with Crippen LogP contribution < -0.4 is 10.5 Å². The fourth-order valence-corrected chi connectivity index (χ4v) is 3.50. The van der Waals surface area contributed by atoms with Gasteiger partial charge in [0.05, 0.1) is 5.69 Å². The highest BCUT2D eigenvalue weighted by Crippen LogP contribution is 2.25. The minimum atomic E-state index is -3.75. The SMILES string of the molecule is Cc1ccc(C)c(S(=O)(=O)NCc2cccc(F)c2)c1N. The van der Waals surface area contributed by atoms with Crippen LogP contribution in [0.2, 0.25) is 0 Å². The monoisotopic (exact) mass is 308 g/mol. The zero-order valence-corrected chi connectivity index (χ0v) is 12.7. The molecular formula is C15H17FN2O2S. The molecule has 0 atom stereocenters. The van der Waals surface area contributed by atoms with Gasteiger partial charge in [-0.15, -0.1) is 0 Å². The second-order valence-electron chi connectivity index (χ2n) is 4.90. The third-order valence-electron chi connectivity index (χ3n) is 3.24. The molecule has 21 heavy (non-hydrogen) atoms. The van der Waals surface area contributed by atoms with Gasteiger partial charge in [-0.3, -0.25) is 0 Å². The molecule has 0 aliphatic carbocycles. The van der Waals surface area contributed by atoms with Gasteiger partial charge in [0.1, 0.15) is 10.7 Å². The molecule has 0 heterocycles. The number of hydrogen-bond donors (Lipinski definition) is 2. The number of nitrogen functional groups attached to an aromatic ring is 1. The molecule has 2 rings (SSSR count). The summed E-state index contributed by atoms with van der Waals surface area (Å²) in [6.45, 7) is 3.44. The maximum absolute atomic E-state index is 13.1. The van der Waals surface area contributed by atoms with E-state index in [0.717, 1.165) is 0 Å². The quantitative estimate of drug-likeness (QED) is 0.852. The summed E-state index contributed by atoms with van der Waals surface area (Å²) in [5.74, 6) is -0.405. The third kappa shape index (κ3) is 3.40. The van der Waals surface area contributed by atoms with Crippen molar-refractivity contribution in [3.05, 3.63) is 58.9 Å². The van der Waals surface area contributed by atoms with Crippen LogP contribution >= 0.6 is 0 Å². The van der Waals surface area contributed by atoms with Crippen molar-refractivity contribution in [3.63, 3.8) is 0 Å². The van der Waals surface area contributed by atoms with Crippen LogP contribution in [0.25, 0.3) is 0 Å². The van der Waals surface area contributed by atoms with Crippen LogP contribution in [0, 0.1) is 19.7 Å². The normalized spacial score (nSPS) is 11.6. The number of rotatable bonds is 4. The Morgan fingerprint density at radius 3 is 2.48 bits per heavy atom. The molecule has 0 spiro atoms. The largest absolute Gasteiger partial charge is 0.397 e. The Morgan fingerprint density at radius 2 is 1.81 bits per heavy atom. The molecule has 3 N–H and O–H groups in total. The molecule has 0 aromatic heterocycles. The zero-order chi connectivity index (χ0) is 15.6. The first kappa shape index (κ1) is 15.5. The molecule has 0 saturated carbocycles. The molecule has 0 radical (unpaired) electrons. The number of benzene rings is 2. The van der Waals surface area contributed by atoms with E-state index in [0.29, 0.717) is 16.7 Å². The number of aryl methyl sites for hydroxylation is 2.